The summed E-state index contributed by atoms with van der Waals surface area (Å²) in [6, 6.07) is 22.8. The highest BCUT2D eigenvalue weighted by Gasteiger charge is 2.25. The van der Waals surface area contributed by atoms with Crippen LogP contribution in [0.3, 0.4) is 0 Å². The first-order valence-corrected chi connectivity index (χ1v) is 9.66. The lowest BCUT2D eigenvalue weighted by Crippen LogP contribution is -2.14. The molecule has 6 rings (SSSR count). The van der Waals surface area contributed by atoms with Crippen LogP contribution in [0, 0.1) is 0 Å². The first-order valence-electron chi connectivity index (χ1n) is 9.66. The Hall–Kier alpha value is -2.98. The summed E-state index contributed by atoms with van der Waals surface area (Å²) < 4.78 is 0. The van der Waals surface area contributed by atoms with E-state index in [4.69, 9.17) is 0 Å². The maximum Gasteiger partial charge on any atom is 0.0555 e. The second-order valence-electron chi connectivity index (χ2n) is 7.76. The highest BCUT2D eigenvalue weighted by molar-refractivity contribution is 5.64. The van der Waals surface area contributed by atoms with Gasteiger partial charge in [0, 0.05) is 31.0 Å². The van der Waals surface area contributed by atoms with Crippen molar-refractivity contribution in [3.8, 4) is 0 Å². The molecule has 0 aliphatic carbocycles. The van der Waals surface area contributed by atoms with Crippen molar-refractivity contribution in [1.82, 2.24) is 5.43 Å². The first kappa shape index (κ1) is 15.1. The SMILES string of the molecule is c1ccc2c(c1)CC(c1ccc3c(c1)CN(c1ccc4c(c1)CNN4)C3)N2. The minimum absolute atomic E-state index is 0.388. The molecule has 0 fully saturated rings. The van der Waals surface area contributed by atoms with E-state index in [9.17, 15) is 0 Å². The monoisotopic (exact) mass is 354 g/mol. The molecule has 4 nitrogen and oxygen atoms in total. The smallest absolute Gasteiger partial charge is 0.0555 e. The van der Waals surface area contributed by atoms with Crippen LogP contribution in [0.1, 0.15) is 33.9 Å². The minimum Gasteiger partial charge on any atom is -0.378 e. The van der Waals surface area contributed by atoms with Crippen molar-refractivity contribution in [2.24, 2.45) is 0 Å². The summed E-state index contributed by atoms with van der Waals surface area (Å²) in [7, 11) is 0. The number of nitrogens with zero attached hydrogens (tertiary/aromatic N) is 1. The van der Waals surface area contributed by atoms with E-state index in [1.54, 1.807) is 0 Å². The summed E-state index contributed by atoms with van der Waals surface area (Å²) in [6.07, 6.45) is 1.07. The molecule has 3 aliphatic rings. The number of hydrazine groups is 1. The summed E-state index contributed by atoms with van der Waals surface area (Å²) in [5, 5.41) is 3.69. The van der Waals surface area contributed by atoms with Crippen molar-refractivity contribution in [2.45, 2.75) is 32.1 Å². The normalized spacial score (nSPS) is 19.3. The maximum atomic E-state index is 3.69. The summed E-state index contributed by atoms with van der Waals surface area (Å²) in [6.45, 7) is 2.87. The Balaban J connectivity index is 1.25. The number of para-hydroxylation sites is 1. The molecule has 3 heterocycles. The molecule has 3 N–H and O–H groups in total. The fourth-order valence-electron chi connectivity index (χ4n) is 4.59. The molecule has 1 atom stereocenters. The molecule has 0 aromatic heterocycles. The van der Waals surface area contributed by atoms with Gasteiger partial charge >= 0.3 is 0 Å². The van der Waals surface area contributed by atoms with Gasteiger partial charge in [0.05, 0.1) is 11.7 Å². The van der Waals surface area contributed by atoms with Gasteiger partial charge in [-0.15, -0.1) is 0 Å². The van der Waals surface area contributed by atoms with Crippen molar-refractivity contribution in [3.05, 3.63) is 88.5 Å². The van der Waals surface area contributed by atoms with Crippen LogP contribution in [-0.4, -0.2) is 0 Å². The Morgan fingerprint density at radius 3 is 2.67 bits per heavy atom. The van der Waals surface area contributed by atoms with E-state index < -0.39 is 0 Å². The van der Waals surface area contributed by atoms with Crippen LogP contribution >= 0.6 is 0 Å². The summed E-state index contributed by atoms with van der Waals surface area (Å²) >= 11 is 0. The Labute approximate surface area is 159 Å². The summed E-state index contributed by atoms with van der Waals surface area (Å²) in [5.41, 5.74) is 17.3. The number of anilines is 3. The number of hydrogen-bond acceptors (Lipinski definition) is 4. The van der Waals surface area contributed by atoms with Gasteiger partial charge in [-0.3, -0.25) is 0 Å². The van der Waals surface area contributed by atoms with Gasteiger partial charge in [-0.25, -0.2) is 5.43 Å². The van der Waals surface area contributed by atoms with E-state index in [-0.39, 0.29) is 0 Å². The van der Waals surface area contributed by atoms with Crippen molar-refractivity contribution < 1.29 is 0 Å². The van der Waals surface area contributed by atoms with Crippen LogP contribution in [0.5, 0.6) is 0 Å². The van der Waals surface area contributed by atoms with Gasteiger partial charge in [-0.1, -0.05) is 36.4 Å². The topological polar surface area (TPSA) is 39.3 Å². The van der Waals surface area contributed by atoms with Crippen molar-refractivity contribution in [3.63, 3.8) is 0 Å². The molecule has 0 bridgehead atoms. The van der Waals surface area contributed by atoms with Crippen molar-refractivity contribution in [2.75, 3.05) is 15.6 Å². The second kappa shape index (κ2) is 5.76. The lowest BCUT2D eigenvalue weighted by molar-refractivity contribution is 0.821. The molecule has 27 heavy (non-hydrogen) atoms. The fraction of sp³-hybridized carbons (Fsp3) is 0.217. The Morgan fingerprint density at radius 2 is 1.70 bits per heavy atom. The van der Waals surface area contributed by atoms with Crippen LogP contribution in [0.25, 0.3) is 0 Å². The molecular weight excluding hydrogens is 332 g/mol. The standard InChI is InChI=1S/C23H22N4/c1-2-4-21-15(3-1)11-23(25-21)16-5-6-17-13-27(14-19(17)9-16)20-7-8-22-18(10-20)12-24-26-22/h1-10,23-26H,11-14H2. The van der Waals surface area contributed by atoms with Gasteiger partial charge < -0.3 is 15.6 Å². The van der Waals surface area contributed by atoms with Crippen LogP contribution in [0.2, 0.25) is 0 Å². The molecule has 3 aromatic rings. The number of nitrogens with one attached hydrogen (secondary N) is 3. The minimum atomic E-state index is 0.388. The highest BCUT2D eigenvalue weighted by atomic mass is 15.4. The third kappa shape index (κ3) is 2.48. The molecule has 134 valence electrons. The lowest BCUT2D eigenvalue weighted by atomic mass is 9.99. The van der Waals surface area contributed by atoms with Crippen LogP contribution in [0.15, 0.2) is 60.7 Å². The van der Waals surface area contributed by atoms with Crippen LogP contribution in [-0.2, 0) is 26.1 Å². The molecule has 4 heteroatoms. The zero-order valence-corrected chi connectivity index (χ0v) is 15.1. The molecule has 0 radical (unpaired) electrons. The van der Waals surface area contributed by atoms with E-state index in [0.717, 1.165) is 26.1 Å². The van der Waals surface area contributed by atoms with E-state index >= 15 is 0 Å². The van der Waals surface area contributed by atoms with Crippen molar-refractivity contribution in [1.29, 1.82) is 0 Å². The second-order valence-corrected chi connectivity index (χ2v) is 7.76. The number of benzene rings is 3. The van der Waals surface area contributed by atoms with Crippen LogP contribution < -0.4 is 21.1 Å². The molecule has 0 saturated heterocycles. The lowest BCUT2D eigenvalue weighted by Gasteiger charge is -2.18. The van der Waals surface area contributed by atoms with Gasteiger partial charge in [0.1, 0.15) is 0 Å². The predicted octanol–water partition coefficient (Wildman–Crippen LogP) is 4.35. The largest absolute Gasteiger partial charge is 0.378 e. The van der Waals surface area contributed by atoms with Gasteiger partial charge in [-0.05, 0) is 58.5 Å². The summed E-state index contributed by atoms with van der Waals surface area (Å²) in [4.78, 5) is 2.48. The maximum absolute atomic E-state index is 3.69. The molecule has 3 aliphatic heterocycles. The van der Waals surface area contributed by atoms with E-state index in [2.05, 4.69) is 81.7 Å². The summed E-state index contributed by atoms with van der Waals surface area (Å²) in [5.74, 6) is 0. The van der Waals surface area contributed by atoms with E-state index in [1.165, 1.54) is 44.9 Å². The van der Waals surface area contributed by atoms with Gasteiger partial charge in [-0.2, -0.15) is 0 Å². The van der Waals surface area contributed by atoms with E-state index in [0.29, 0.717) is 6.04 Å². The number of hydrogen-bond donors (Lipinski definition) is 3. The number of rotatable bonds is 2. The number of fused-ring (bicyclic) bond motifs is 3. The third-order valence-corrected chi connectivity index (χ3v) is 6.08. The third-order valence-electron chi connectivity index (χ3n) is 6.08. The van der Waals surface area contributed by atoms with Crippen LogP contribution in [0.4, 0.5) is 17.1 Å². The van der Waals surface area contributed by atoms with Gasteiger partial charge in [0.25, 0.3) is 0 Å². The zero-order chi connectivity index (χ0) is 17.8. The molecule has 3 aromatic carbocycles. The molecule has 0 amide bonds. The molecular formula is C23H22N4. The average molecular weight is 354 g/mol. The van der Waals surface area contributed by atoms with Crippen molar-refractivity contribution >= 4 is 17.1 Å². The van der Waals surface area contributed by atoms with Gasteiger partial charge in [0.2, 0.25) is 0 Å². The Kier molecular flexibility index (Phi) is 3.22. The molecule has 1 unspecified atom stereocenters. The fourth-order valence-corrected chi connectivity index (χ4v) is 4.59. The highest BCUT2D eigenvalue weighted by Crippen LogP contribution is 2.37. The molecule has 0 saturated carbocycles. The van der Waals surface area contributed by atoms with E-state index in [1.807, 2.05) is 0 Å². The zero-order valence-electron chi connectivity index (χ0n) is 15.1. The molecule has 0 spiro atoms. The average Bonchev–Trinajstić information content (AvgIpc) is 3.42. The predicted molar refractivity (Wildman–Crippen MR) is 110 cm³/mol. The van der Waals surface area contributed by atoms with Gasteiger partial charge in [0.15, 0.2) is 0 Å². The Bertz CT molecular complexity index is 1020. The quantitative estimate of drug-likeness (QED) is 0.640. The first-order chi connectivity index (χ1) is 13.3. The Morgan fingerprint density at radius 1 is 0.778 bits per heavy atom.